The molecule has 0 unspecified atom stereocenters. The molecule has 84 valence electrons. The predicted octanol–water partition coefficient (Wildman–Crippen LogP) is 3.09. The molecule has 0 bridgehead atoms. The number of halogens is 2. The van der Waals surface area contributed by atoms with Crippen LogP contribution in [0, 0.1) is 23.1 Å². The van der Waals surface area contributed by atoms with Crippen molar-refractivity contribution in [2.24, 2.45) is 0 Å². The second kappa shape index (κ2) is 4.71. The first-order valence-electron chi connectivity index (χ1n) is 4.99. The molecule has 0 saturated carbocycles. The highest BCUT2D eigenvalue weighted by atomic mass is 19.1. The highest BCUT2D eigenvalue weighted by Crippen LogP contribution is 2.23. The van der Waals surface area contributed by atoms with E-state index < -0.39 is 5.95 Å². The zero-order valence-electron chi connectivity index (χ0n) is 8.82. The summed E-state index contributed by atoms with van der Waals surface area (Å²) in [6.45, 7) is 0. The summed E-state index contributed by atoms with van der Waals surface area (Å²) in [7, 11) is 0. The molecule has 0 atom stereocenters. The van der Waals surface area contributed by atoms with Gasteiger partial charge in [-0.3, -0.25) is 0 Å². The maximum Gasteiger partial charge on any atom is 0.213 e. The van der Waals surface area contributed by atoms with Crippen molar-refractivity contribution in [1.82, 2.24) is 4.98 Å². The predicted molar refractivity (Wildman–Crippen MR) is 58.9 cm³/mol. The Morgan fingerprint density at radius 1 is 1.06 bits per heavy atom. The summed E-state index contributed by atoms with van der Waals surface area (Å²) in [4.78, 5) is 3.68. The van der Waals surface area contributed by atoms with Gasteiger partial charge < -0.3 is 0 Å². The summed E-state index contributed by atoms with van der Waals surface area (Å²) in [6, 6.07) is 10.5. The van der Waals surface area contributed by atoms with Crippen molar-refractivity contribution < 1.29 is 8.78 Å². The second-order valence-electron chi connectivity index (χ2n) is 3.47. The molecule has 0 amide bonds. The van der Waals surface area contributed by atoms with Crippen LogP contribution in [0.25, 0.3) is 11.1 Å². The molecule has 0 fully saturated rings. The van der Waals surface area contributed by atoms with Gasteiger partial charge in [0.05, 0.1) is 18.2 Å². The van der Waals surface area contributed by atoms with Crippen molar-refractivity contribution in [2.45, 2.75) is 6.42 Å². The highest BCUT2D eigenvalue weighted by molar-refractivity contribution is 5.66. The molecule has 0 aliphatic rings. The molecular weight excluding hydrogens is 222 g/mol. The molecule has 1 aromatic carbocycles. The van der Waals surface area contributed by atoms with E-state index in [9.17, 15) is 8.78 Å². The van der Waals surface area contributed by atoms with Crippen LogP contribution in [-0.4, -0.2) is 4.98 Å². The van der Waals surface area contributed by atoms with Gasteiger partial charge in [-0.15, -0.1) is 0 Å². The highest BCUT2D eigenvalue weighted by Gasteiger charge is 2.08. The summed E-state index contributed by atoms with van der Waals surface area (Å²) >= 11 is 0. The summed E-state index contributed by atoms with van der Waals surface area (Å²) in [6.07, 6.45) is 0.0183. The number of benzene rings is 1. The minimum Gasteiger partial charge on any atom is -0.223 e. The summed E-state index contributed by atoms with van der Waals surface area (Å²) in [5, 5.41) is 8.65. The molecule has 1 heterocycles. The maximum absolute atomic E-state index is 13.0. The van der Waals surface area contributed by atoms with E-state index in [1.807, 2.05) is 6.07 Å². The first-order chi connectivity index (χ1) is 8.20. The fraction of sp³-hybridized carbons (Fsp3) is 0.0769. The molecule has 0 aliphatic heterocycles. The number of hydrogen-bond donors (Lipinski definition) is 0. The Hall–Kier alpha value is -2.28. The third kappa shape index (κ3) is 2.45. The Morgan fingerprint density at radius 3 is 2.41 bits per heavy atom. The normalized spacial score (nSPS) is 9.94. The van der Waals surface area contributed by atoms with Crippen molar-refractivity contribution in [1.29, 1.82) is 5.26 Å². The van der Waals surface area contributed by atoms with Gasteiger partial charge in [0.2, 0.25) is 5.95 Å². The minimum absolute atomic E-state index is 0.0183. The van der Waals surface area contributed by atoms with E-state index >= 15 is 0 Å². The average molecular weight is 230 g/mol. The number of hydrogen-bond acceptors (Lipinski definition) is 2. The average Bonchev–Trinajstić information content (AvgIpc) is 2.31. The fourth-order valence-electron chi connectivity index (χ4n) is 1.58. The van der Waals surface area contributed by atoms with Crippen LogP contribution in [-0.2, 0) is 6.42 Å². The Morgan fingerprint density at radius 2 is 1.76 bits per heavy atom. The van der Waals surface area contributed by atoms with Gasteiger partial charge in [-0.1, -0.05) is 12.1 Å². The van der Waals surface area contributed by atoms with Crippen LogP contribution in [0.4, 0.5) is 8.78 Å². The number of nitrogens with zero attached hydrogens (tertiary/aromatic N) is 2. The third-order valence-electron chi connectivity index (χ3n) is 2.34. The van der Waals surface area contributed by atoms with Crippen molar-refractivity contribution in [2.75, 3.05) is 0 Å². The Bertz CT molecular complexity index is 571. The van der Waals surface area contributed by atoms with Gasteiger partial charge in [0.1, 0.15) is 5.82 Å². The number of nitriles is 1. The molecule has 2 nitrogen and oxygen atoms in total. The lowest BCUT2D eigenvalue weighted by atomic mass is 10.0. The van der Waals surface area contributed by atoms with Crippen LogP contribution in [0.3, 0.4) is 0 Å². The van der Waals surface area contributed by atoms with Crippen molar-refractivity contribution in [3.05, 3.63) is 53.9 Å². The molecule has 0 spiro atoms. The van der Waals surface area contributed by atoms with E-state index in [2.05, 4.69) is 4.98 Å². The SMILES string of the molecule is N#CCc1nc(F)ccc1-c1ccc(F)cc1. The van der Waals surface area contributed by atoms with Gasteiger partial charge in [-0.2, -0.15) is 9.65 Å². The van der Waals surface area contributed by atoms with Gasteiger partial charge in [0.25, 0.3) is 0 Å². The van der Waals surface area contributed by atoms with Gasteiger partial charge >= 0.3 is 0 Å². The number of rotatable bonds is 2. The lowest BCUT2D eigenvalue weighted by Gasteiger charge is -2.06. The largest absolute Gasteiger partial charge is 0.223 e. The standard InChI is InChI=1S/C13H8F2N2/c14-10-3-1-9(2-4-10)11-5-6-13(15)17-12(11)7-8-16/h1-6H,7H2. The Kier molecular flexibility index (Phi) is 3.10. The molecule has 0 N–H and O–H groups in total. The van der Waals surface area contributed by atoms with Crippen molar-refractivity contribution >= 4 is 0 Å². The fourth-order valence-corrected chi connectivity index (χ4v) is 1.58. The summed E-state index contributed by atoms with van der Waals surface area (Å²) in [5.74, 6) is -0.966. The quantitative estimate of drug-likeness (QED) is 0.743. The van der Waals surface area contributed by atoms with E-state index in [0.29, 0.717) is 16.8 Å². The Balaban J connectivity index is 2.51. The van der Waals surface area contributed by atoms with E-state index in [1.54, 1.807) is 18.2 Å². The molecule has 4 heteroatoms. The van der Waals surface area contributed by atoms with E-state index in [1.165, 1.54) is 18.2 Å². The molecule has 0 saturated heterocycles. The van der Waals surface area contributed by atoms with Crippen LogP contribution in [0.15, 0.2) is 36.4 Å². The molecule has 17 heavy (non-hydrogen) atoms. The first kappa shape index (κ1) is 11.2. The number of aromatic nitrogens is 1. The van der Waals surface area contributed by atoms with Gasteiger partial charge in [-0.05, 0) is 29.8 Å². The summed E-state index contributed by atoms with van der Waals surface area (Å²) < 4.78 is 25.8. The van der Waals surface area contributed by atoms with Crippen LogP contribution in [0.2, 0.25) is 0 Å². The molecule has 0 radical (unpaired) electrons. The third-order valence-corrected chi connectivity index (χ3v) is 2.34. The van der Waals surface area contributed by atoms with Gasteiger partial charge in [0, 0.05) is 5.56 Å². The van der Waals surface area contributed by atoms with Crippen molar-refractivity contribution in [3.8, 4) is 17.2 Å². The van der Waals surface area contributed by atoms with Crippen LogP contribution >= 0.6 is 0 Å². The lowest BCUT2D eigenvalue weighted by Crippen LogP contribution is -1.96. The van der Waals surface area contributed by atoms with E-state index in [0.717, 1.165) is 0 Å². The lowest BCUT2D eigenvalue weighted by molar-refractivity contribution is 0.579. The zero-order chi connectivity index (χ0) is 12.3. The topological polar surface area (TPSA) is 36.7 Å². The van der Waals surface area contributed by atoms with Crippen LogP contribution in [0.1, 0.15) is 5.69 Å². The van der Waals surface area contributed by atoms with Crippen molar-refractivity contribution in [3.63, 3.8) is 0 Å². The van der Waals surface area contributed by atoms with Gasteiger partial charge in [-0.25, -0.2) is 9.37 Å². The van der Waals surface area contributed by atoms with Crippen LogP contribution < -0.4 is 0 Å². The molecular formula is C13H8F2N2. The zero-order valence-corrected chi connectivity index (χ0v) is 8.82. The molecule has 2 rings (SSSR count). The first-order valence-corrected chi connectivity index (χ1v) is 4.99. The van der Waals surface area contributed by atoms with Crippen LogP contribution in [0.5, 0.6) is 0 Å². The molecule has 2 aromatic rings. The maximum atomic E-state index is 13.0. The summed E-state index contributed by atoms with van der Waals surface area (Å²) in [5.41, 5.74) is 1.72. The monoisotopic (exact) mass is 230 g/mol. The molecule has 0 aliphatic carbocycles. The van der Waals surface area contributed by atoms with E-state index in [-0.39, 0.29) is 12.2 Å². The second-order valence-corrected chi connectivity index (χ2v) is 3.47. The van der Waals surface area contributed by atoms with E-state index in [4.69, 9.17) is 5.26 Å². The Labute approximate surface area is 97.2 Å². The smallest absolute Gasteiger partial charge is 0.213 e. The minimum atomic E-state index is -0.624. The van der Waals surface area contributed by atoms with Gasteiger partial charge in [0.15, 0.2) is 0 Å². The molecule has 1 aromatic heterocycles. The number of pyridine rings is 1.